The smallest absolute Gasteiger partial charge is 0.255 e. The van der Waals surface area contributed by atoms with Crippen molar-refractivity contribution in [2.24, 2.45) is 0 Å². The Bertz CT molecular complexity index is 809. The van der Waals surface area contributed by atoms with E-state index in [1.807, 2.05) is 12.1 Å². The summed E-state index contributed by atoms with van der Waals surface area (Å²) in [6, 6.07) is 15.8. The van der Waals surface area contributed by atoms with Gasteiger partial charge in [-0.05, 0) is 48.4 Å². The number of piperazine rings is 1. The van der Waals surface area contributed by atoms with Gasteiger partial charge in [0.05, 0.1) is 0 Å². The van der Waals surface area contributed by atoms with Gasteiger partial charge in [0.2, 0.25) is 0 Å². The molecule has 2 fully saturated rings. The number of anilines is 1. The van der Waals surface area contributed by atoms with Crippen molar-refractivity contribution < 1.29 is 4.79 Å². The van der Waals surface area contributed by atoms with Gasteiger partial charge < -0.3 is 10.6 Å². The summed E-state index contributed by atoms with van der Waals surface area (Å²) < 4.78 is 0. The lowest BCUT2D eigenvalue weighted by Crippen LogP contribution is -2.49. The summed E-state index contributed by atoms with van der Waals surface area (Å²) in [4.78, 5) is 17.6. The Morgan fingerprint density at radius 3 is 2.62 bits per heavy atom. The van der Waals surface area contributed by atoms with Crippen LogP contribution in [-0.4, -0.2) is 61.0 Å². The lowest BCUT2D eigenvalue weighted by molar-refractivity contribution is 0.102. The van der Waals surface area contributed by atoms with Crippen LogP contribution in [0.3, 0.4) is 0 Å². The summed E-state index contributed by atoms with van der Waals surface area (Å²) in [6.07, 6.45) is 1.24. The van der Waals surface area contributed by atoms with Crippen molar-refractivity contribution in [3.63, 3.8) is 0 Å². The second-order valence-electron chi connectivity index (χ2n) is 7.62. The molecule has 4 rings (SSSR count). The van der Waals surface area contributed by atoms with Crippen LogP contribution in [0.5, 0.6) is 0 Å². The van der Waals surface area contributed by atoms with Gasteiger partial charge in [0.25, 0.3) is 5.91 Å². The number of benzene rings is 2. The van der Waals surface area contributed by atoms with Crippen LogP contribution in [0.1, 0.15) is 22.3 Å². The van der Waals surface area contributed by atoms with Gasteiger partial charge in [-0.1, -0.05) is 23.7 Å². The standard InChI is InChI=1S/C22H27ClN4O.ClH/c23-19-6-4-18(5-7-19)22(28)25-20-3-1-2-17(14-20)15-26-11-8-21(16-26)27-12-9-24-10-13-27;/h1-7,14,21,24H,8-13,15-16H2,(H,25,28);1H. The molecule has 0 spiro atoms. The minimum atomic E-state index is -0.117. The Morgan fingerprint density at radius 1 is 1.10 bits per heavy atom. The second kappa shape index (κ2) is 10.4. The number of likely N-dealkylation sites (tertiary alicyclic amines) is 1. The molecule has 0 saturated carbocycles. The van der Waals surface area contributed by atoms with Crippen LogP contribution < -0.4 is 10.6 Å². The zero-order valence-electron chi connectivity index (χ0n) is 16.4. The van der Waals surface area contributed by atoms with Crippen LogP contribution in [0, 0.1) is 0 Å². The van der Waals surface area contributed by atoms with Crippen molar-refractivity contribution in [1.82, 2.24) is 15.1 Å². The molecule has 5 nitrogen and oxygen atoms in total. The molecular weight excluding hydrogens is 407 g/mol. The molecule has 2 aromatic rings. The lowest BCUT2D eigenvalue weighted by atomic mass is 10.1. The first-order chi connectivity index (χ1) is 13.7. The molecule has 7 heteroatoms. The fourth-order valence-corrected chi connectivity index (χ4v) is 4.24. The van der Waals surface area contributed by atoms with E-state index >= 15 is 0 Å². The molecule has 0 bridgehead atoms. The summed E-state index contributed by atoms with van der Waals surface area (Å²) in [5, 5.41) is 7.04. The topological polar surface area (TPSA) is 47.6 Å². The number of hydrogen-bond acceptors (Lipinski definition) is 4. The van der Waals surface area contributed by atoms with Gasteiger partial charge in [-0.3, -0.25) is 14.6 Å². The monoisotopic (exact) mass is 434 g/mol. The molecule has 156 valence electrons. The third kappa shape index (κ3) is 5.93. The summed E-state index contributed by atoms with van der Waals surface area (Å²) in [7, 11) is 0. The zero-order chi connectivity index (χ0) is 19.3. The highest BCUT2D eigenvalue weighted by atomic mass is 35.5. The molecule has 2 N–H and O–H groups in total. The van der Waals surface area contributed by atoms with E-state index < -0.39 is 0 Å². The van der Waals surface area contributed by atoms with E-state index in [2.05, 4.69) is 32.6 Å². The number of halogens is 2. The molecule has 2 aromatic carbocycles. The van der Waals surface area contributed by atoms with Crippen molar-refractivity contribution in [2.45, 2.75) is 19.0 Å². The Kier molecular flexibility index (Phi) is 7.92. The maximum atomic E-state index is 12.4. The van der Waals surface area contributed by atoms with Crippen LogP contribution in [-0.2, 0) is 6.54 Å². The highest BCUT2D eigenvalue weighted by Gasteiger charge is 2.28. The van der Waals surface area contributed by atoms with Crippen molar-refractivity contribution in [3.8, 4) is 0 Å². The zero-order valence-corrected chi connectivity index (χ0v) is 18.0. The largest absolute Gasteiger partial charge is 0.322 e. The van der Waals surface area contributed by atoms with Gasteiger partial charge in [-0.2, -0.15) is 0 Å². The fraction of sp³-hybridized carbons (Fsp3) is 0.409. The molecule has 0 aliphatic carbocycles. The number of amides is 1. The number of carbonyl (C=O) groups is 1. The van der Waals surface area contributed by atoms with E-state index in [0.29, 0.717) is 16.6 Å². The van der Waals surface area contributed by atoms with Crippen molar-refractivity contribution in [2.75, 3.05) is 44.6 Å². The predicted octanol–water partition coefficient (Wildman–Crippen LogP) is 3.49. The normalized spacial score (nSPS) is 20.2. The third-order valence-corrected chi connectivity index (χ3v) is 5.86. The maximum absolute atomic E-state index is 12.4. The van der Waals surface area contributed by atoms with Crippen LogP contribution >= 0.6 is 24.0 Å². The van der Waals surface area contributed by atoms with Gasteiger partial charge in [0, 0.05) is 68.1 Å². The van der Waals surface area contributed by atoms with E-state index in [1.54, 1.807) is 24.3 Å². The van der Waals surface area contributed by atoms with E-state index in [-0.39, 0.29) is 18.3 Å². The predicted molar refractivity (Wildman–Crippen MR) is 121 cm³/mol. The first-order valence-corrected chi connectivity index (χ1v) is 10.4. The van der Waals surface area contributed by atoms with Crippen LogP contribution in [0.2, 0.25) is 5.02 Å². The average Bonchev–Trinajstić information content (AvgIpc) is 3.18. The highest BCUT2D eigenvalue weighted by Crippen LogP contribution is 2.20. The van der Waals surface area contributed by atoms with Gasteiger partial charge in [-0.25, -0.2) is 0 Å². The summed E-state index contributed by atoms with van der Waals surface area (Å²) in [6.45, 7) is 7.71. The van der Waals surface area contributed by atoms with E-state index in [9.17, 15) is 4.79 Å². The number of carbonyl (C=O) groups excluding carboxylic acids is 1. The molecule has 2 heterocycles. The first-order valence-electron chi connectivity index (χ1n) is 10.0. The van der Waals surface area contributed by atoms with E-state index in [0.717, 1.165) is 51.5 Å². The summed E-state index contributed by atoms with van der Waals surface area (Å²) in [5.74, 6) is -0.117. The van der Waals surface area contributed by atoms with Gasteiger partial charge in [0.1, 0.15) is 0 Å². The van der Waals surface area contributed by atoms with E-state index in [1.165, 1.54) is 12.0 Å². The van der Waals surface area contributed by atoms with Crippen LogP contribution in [0.15, 0.2) is 48.5 Å². The molecule has 29 heavy (non-hydrogen) atoms. The first kappa shape index (κ1) is 22.1. The molecule has 0 radical (unpaired) electrons. The lowest BCUT2D eigenvalue weighted by Gasteiger charge is -2.32. The van der Waals surface area contributed by atoms with Gasteiger partial charge >= 0.3 is 0 Å². The molecule has 1 unspecified atom stereocenters. The number of nitrogens with zero attached hydrogens (tertiary/aromatic N) is 2. The Morgan fingerprint density at radius 2 is 1.86 bits per heavy atom. The Balaban J connectivity index is 0.00000240. The fourth-order valence-electron chi connectivity index (χ4n) is 4.11. The average molecular weight is 435 g/mol. The molecule has 1 atom stereocenters. The third-order valence-electron chi connectivity index (χ3n) is 5.61. The number of hydrogen-bond donors (Lipinski definition) is 2. The quantitative estimate of drug-likeness (QED) is 0.755. The molecule has 0 aromatic heterocycles. The van der Waals surface area contributed by atoms with Crippen molar-refractivity contribution >= 4 is 35.6 Å². The van der Waals surface area contributed by atoms with E-state index in [4.69, 9.17) is 11.6 Å². The molecule has 2 saturated heterocycles. The molecular formula is C22H28Cl2N4O. The summed E-state index contributed by atoms with van der Waals surface area (Å²) >= 11 is 5.90. The van der Waals surface area contributed by atoms with Crippen LogP contribution in [0.4, 0.5) is 5.69 Å². The Labute approximate surface area is 183 Å². The minimum absolute atomic E-state index is 0. The van der Waals surface area contributed by atoms with Crippen LogP contribution in [0.25, 0.3) is 0 Å². The van der Waals surface area contributed by atoms with Crippen molar-refractivity contribution in [1.29, 1.82) is 0 Å². The number of nitrogens with one attached hydrogen (secondary N) is 2. The van der Waals surface area contributed by atoms with Crippen molar-refractivity contribution in [3.05, 3.63) is 64.7 Å². The molecule has 2 aliphatic heterocycles. The highest BCUT2D eigenvalue weighted by molar-refractivity contribution is 6.30. The Hall–Kier alpha value is -1.63. The SMILES string of the molecule is Cl.O=C(Nc1cccc(CN2CCC(N3CCNCC3)C2)c1)c1ccc(Cl)cc1. The van der Waals surface area contributed by atoms with Gasteiger partial charge in [0.15, 0.2) is 0 Å². The summed E-state index contributed by atoms with van der Waals surface area (Å²) in [5.41, 5.74) is 2.67. The van der Waals surface area contributed by atoms with Gasteiger partial charge in [-0.15, -0.1) is 12.4 Å². The second-order valence-corrected chi connectivity index (χ2v) is 8.06. The molecule has 2 aliphatic rings. The molecule has 1 amide bonds. The maximum Gasteiger partial charge on any atom is 0.255 e. The number of rotatable bonds is 5. The minimum Gasteiger partial charge on any atom is -0.322 e.